The van der Waals surface area contributed by atoms with Crippen molar-refractivity contribution in [3.63, 3.8) is 0 Å². The van der Waals surface area contributed by atoms with Crippen molar-refractivity contribution in [3.05, 3.63) is 34.7 Å². The smallest absolute Gasteiger partial charge is 0.341 e. The van der Waals surface area contributed by atoms with E-state index in [1.54, 1.807) is 19.2 Å². The van der Waals surface area contributed by atoms with Gasteiger partial charge in [-0.15, -0.1) is 11.3 Å². The summed E-state index contributed by atoms with van der Waals surface area (Å²) in [7, 11) is 2.87. The van der Waals surface area contributed by atoms with Crippen LogP contribution in [0.2, 0.25) is 0 Å². The molecule has 0 unspecified atom stereocenters. The maximum Gasteiger partial charge on any atom is 0.341 e. The molecule has 2 atom stereocenters. The highest BCUT2D eigenvalue weighted by molar-refractivity contribution is 7.17. The van der Waals surface area contributed by atoms with E-state index in [0.29, 0.717) is 29.2 Å². The quantitative estimate of drug-likeness (QED) is 0.660. The van der Waals surface area contributed by atoms with E-state index in [-0.39, 0.29) is 11.5 Å². The van der Waals surface area contributed by atoms with E-state index in [1.807, 2.05) is 19.1 Å². The van der Waals surface area contributed by atoms with Crippen molar-refractivity contribution in [1.29, 1.82) is 0 Å². The molecule has 2 N–H and O–H groups in total. The first kappa shape index (κ1) is 21.8. The summed E-state index contributed by atoms with van der Waals surface area (Å²) in [5.74, 6) is -2.51. The second-order valence-electron chi connectivity index (χ2n) is 7.28. The monoisotopic (exact) mass is 431 g/mol. The van der Waals surface area contributed by atoms with Gasteiger partial charge in [-0.1, -0.05) is 25.0 Å². The number of benzene rings is 1. The Balaban J connectivity index is 1.97. The molecular formula is C22H25NO6S. The van der Waals surface area contributed by atoms with Crippen LogP contribution in [-0.2, 0) is 14.3 Å². The Labute approximate surface area is 179 Å². The average molecular weight is 432 g/mol. The first-order chi connectivity index (χ1) is 14.4. The number of carboxylic acid groups (broad SMARTS) is 1. The van der Waals surface area contributed by atoms with E-state index in [1.165, 1.54) is 18.4 Å². The Morgan fingerprint density at radius 1 is 1.07 bits per heavy atom. The van der Waals surface area contributed by atoms with Crippen molar-refractivity contribution in [2.75, 3.05) is 19.5 Å². The molecule has 8 heteroatoms. The highest BCUT2D eigenvalue weighted by Gasteiger charge is 2.36. The number of aryl methyl sites for hydroxylation is 1. The number of carboxylic acids is 1. The summed E-state index contributed by atoms with van der Waals surface area (Å²) >= 11 is 1.28. The molecule has 1 aliphatic rings. The third-order valence-corrected chi connectivity index (χ3v) is 6.53. The topological polar surface area (TPSA) is 102 Å². The Hall–Kier alpha value is -2.87. The van der Waals surface area contributed by atoms with Crippen LogP contribution in [0.5, 0.6) is 5.75 Å². The molecule has 1 saturated carbocycles. The number of aliphatic carboxylic acids is 1. The van der Waals surface area contributed by atoms with Crippen molar-refractivity contribution < 1.29 is 29.0 Å². The van der Waals surface area contributed by atoms with Gasteiger partial charge in [0.2, 0.25) is 5.91 Å². The van der Waals surface area contributed by atoms with E-state index in [4.69, 9.17) is 9.47 Å². The maximum atomic E-state index is 12.9. The third-order valence-electron chi connectivity index (χ3n) is 5.51. The van der Waals surface area contributed by atoms with Crippen molar-refractivity contribution in [1.82, 2.24) is 0 Å². The zero-order valence-corrected chi connectivity index (χ0v) is 18.0. The number of carbonyl (C=O) groups excluding carboxylic acids is 2. The Morgan fingerprint density at radius 2 is 1.70 bits per heavy atom. The van der Waals surface area contributed by atoms with Crippen LogP contribution in [-0.4, -0.2) is 37.2 Å². The number of rotatable bonds is 6. The number of methoxy groups -OCH3 is 2. The van der Waals surface area contributed by atoms with E-state index in [9.17, 15) is 19.5 Å². The van der Waals surface area contributed by atoms with Crippen LogP contribution < -0.4 is 10.1 Å². The summed E-state index contributed by atoms with van der Waals surface area (Å²) in [6, 6.07) is 7.28. The highest BCUT2D eigenvalue weighted by atomic mass is 32.1. The molecule has 1 heterocycles. The van der Waals surface area contributed by atoms with Gasteiger partial charge in [-0.25, -0.2) is 4.79 Å². The summed E-state index contributed by atoms with van der Waals surface area (Å²) < 4.78 is 10.2. The predicted molar refractivity (Wildman–Crippen MR) is 114 cm³/mol. The summed E-state index contributed by atoms with van der Waals surface area (Å²) in [6.45, 7) is 1.87. The number of amides is 1. The second-order valence-corrected chi connectivity index (χ2v) is 8.51. The lowest BCUT2D eigenvalue weighted by atomic mass is 9.78. The zero-order chi connectivity index (χ0) is 21.8. The van der Waals surface area contributed by atoms with E-state index in [0.717, 1.165) is 23.3 Å². The minimum atomic E-state index is -0.954. The number of nitrogens with one attached hydrogen (secondary N) is 1. The number of hydrogen-bond acceptors (Lipinski definition) is 6. The first-order valence-corrected chi connectivity index (χ1v) is 10.6. The molecule has 1 aromatic carbocycles. The van der Waals surface area contributed by atoms with E-state index < -0.39 is 23.8 Å². The molecule has 0 bridgehead atoms. The van der Waals surface area contributed by atoms with Crippen LogP contribution in [0.3, 0.4) is 0 Å². The van der Waals surface area contributed by atoms with Gasteiger partial charge in [0.25, 0.3) is 0 Å². The van der Waals surface area contributed by atoms with Gasteiger partial charge in [0.1, 0.15) is 16.3 Å². The molecule has 1 aliphatic carbocycles. The summed E-state index contributed by atoms with van der Waals surface area (Å²) in [6.07, 6.45) is 2.62. The van der Waals surface area contributed by atoms with Gasteiger partial charge in [0.05, 0.1) is 26.1 Å². The number of thiophene rings is 1. The summed E-state index contributed by atoms with van der Waals surface area (Å²) in [5, 5.41) is 12.7. The van der Waals surface area contributed by atoms with Gasteiger partial charge in [-0.3, -0.25) is 9.59 Å². The molecule has 1 fully saturated rings. The van der Waals surface area contributed by atoms with Crippen LogP contribution in [0.25, 0.3) is 11.1 Å². The van der Waals surface area contributed by atoms with Crippen molar-refractivity contribution in [3.8, 4) is 16.9 Å². The molecule has 7 nitrogen and oxygen atoms in total. The molecular weight excluding hydrogens is 406 g/mol. The highest BCUT2D eigenvalue weighted by Crippen LogP contribution is 2.41. The Morgan fingerprint density at radius 3 is 2.27 bits per heavy atom. The van der Waals surface area contributed by atoms with Gasteiger partial charge in [-0.05, 0) is 37.5 Å². The van der Waals surface area contributed by atoms with Gasteiger partial charge in [-0.2, -0.15) is 0 Å². The minimum absolute atomic E-state index is 0.279. The number of hydrogen-bond donors (Lipinski definition) is 2. The standard InChI is InChI=1S/C22H25NO6S/c1-12-17(13-8-10-14(28-2)11-9-13)18(22(27)29-3)20(30-12)23-19(24)15-6-4-5-7-16(15)21(25)26/h8-11,15-16H,4-7H2,1-3H3,(H,23,24)(H,25,26)/t15-,16-/m0/s1. The average Bonchev–Trinajstić information content (AvgIpc) is 3.08. The molecule has 2 aromatic rings. The van der Waals surface area contributed by atoms with Crippen LogP contribution >= 0.6 is 11.3 Å². The second kappa shape index (κ2) is 9.30. The fraction of sp³-hybridized carbons (Fsp3) is 0.409. The molecule has 0 radical (unpaired) electrons. The molecule has 30 heavy (non-hydrogen) atoms. The van der Waals surface area contributed by atoms with E-state index >= 15 is 0 Å². The van der Waals surface area contributed by atoms with Crippen LogP contribution in [0, 0.1) is 18.8 Å². The van der Waals surface area contributed by atoms with E-state index in [2.05, 4.69) is 5.32 Å². The molecule has 1 amide bonds. The number of ether oxygens (including phenoxy) is 2. The predicted octanol–water partition coefficient (Wildman–Crippen LogP) is 4.35. The molecule has 3 rings (SSSR count). The molecule has 0 aliphatic heterocycles. The minimum Gasteiger partial charge on any atom is -0.497 e. The van der Waals surface area contributed by atoms with Gasteiger partial charge >= 0.3 is 11.9 Å². The zero-order valence-electron chi connectivity index (χ0n) is 17.2. The van der Waals surface area contributed by atoms with Gasteiger partial charge < -0.3 is 19.9 Å². The van der Waals surface area contributed by atoms with Crippen LogP contribution in [0.4, 0.5) is 5.00 Å². The van der Waals surface area contributed by atoms with Gasteiger partial charge in [0.15, 0.2) is 0 Å². The molecule has 1 aromatic heterocycles. The lowest BCUT2D eigenvalue weighted by Crippen LogP contribution is -2.36. The number of esters is 1. The van der Waals surface area contributed by atoms with Crippen molar-refractivity contribution >= 4 is 34.2 Å². The molecule has 0 spiro atoms. The molecule has 160 valence electrons. The summed E-state index contributed by atoms with van der Waals surface area (Å²) in [4.78, 5) is 38.0. The SMILES string of the molecule is COC(=O)c1c(NC(=O)[C@H]2CCCC[C@@H]2C(=O)O)sc(C)c1-c1ccc(OC)cc1. The Kier molecular flexibility index (Phi) is 6.77. The normalized spacial score (nSPS) is 18.5. The Bertz CT molecular complexity index is 949. The van der Waals surface area contributed by atoms with Crippen LogP contribution in [0.1, 0.15) is 40.9 Å². The van der Waals surface area contributed by atoms with Crippen LogP contribution in [0.15, 0.2) is 24.3 Å². The first-order valence-electron chi connectivity index (χ1n) is 9.77. The van der Waals surface area contributed by atoms with Crippen molar-refractivity contribution in [2.45, 2.75) is 32.6 Å². The largest absolute Gasteiger partial charge is 0.497 e. The lowest BCUT2D eigenvalue weighted by Gasteiger charge is -2.27. The number of anilines is 1. The van der Waals surface area contributed by atoms with Gasteiger partial charge in [0, 0.05) is 10.4 Å². The fourth-order valence-corrected chi connectivity index (χ4v) is 5.05. The fourth-order valence-electron chi connectivity index (χ4n) is 3.98. The maximum absolute atomic E-state index is 12.9. The molecule has 0 saturated heterocycles. The lowest BCUT2D eigenvalue weighted by molar-refractivity contribution is -0.147. The van der Waals surface area contributed by atoms with Crippen molar-refractivity contribution in [2.24, 2.45) is 11.8 Å². The number of carbonyl (C=O) groups is 3. The third kappa shape index (κ3) is 4.33. The summed E-state index contributed by atoms with van der Waals surface area (Å²) in [5.41, 5.74) is 1.76.